The summed E-state index contributed by atoms with van der Waals surface area (Å²) in [6.07, 6.45) is 3.63. The number of hydrogen-bond acceptors (Lipinski definition) is 4. The molecule has 0 radical (unpaired) electrons. The molecule has 0 heterocycles. The molecule has 9 heteroatoms. The second-order valence-electron chi connectivity index (χ2n) is 8.83. The summed E-state index contributed by atoms with van der Waals surface area (Å²) in [7, 11) is 1.42. The fourth-order valence-electron chi connectivity index (χ4n) is 3.21. The van der Waals surface area contributed by atoms with Crippen molar-refractivity contribution in [3.63, 3.8) is 0 Å². The monoisotopic (exact) mass is 494 g/mol. The van der Waals surface area contributed by atoms with Gasteiger partial charge in [-0.05, 0) is 57.1 Å². The summed E-state index contributed by atoms with van der Waals surface area (Å²) in [6, 6.07) is 6.22. The number of halogens is 3. The van der Waals surface area contributed by atoms with E-state index in [1.54, 1.807) is 12.1 Å². The molecule has 1 saturated carbocycles. The molecule has 2 rings (SSSR count). The van der Waals surface area contributed by atoms with Crippen LogP contribution >= 0.6 is 9.24 Å². The molecule has 34 heavy (non-hydrogen) atoms. The van der Waals surface area contributed by atoms with Crippen molar-refractivity contribution in [2.24, 2.45) is 27.6 Å². The quantitative estimate of drug-likeness (QED) is 0.247. The van der Waals surface area contributed by atoms with Gasteiger partial charge in [0.05, 0.1) is 17.8 Å². The number of hydrogen-bond donors (Lipinski definition) is 2. The number of aliphatic imine (C=N–C) groups is 2. The number of nitrogens with zero attached hydrogens (tertiary/aromatic N) is 2. The van der Waals surface area contributed by atoms with Gasteiger partial charge in [0.1, 0.15) is 12.4 Å². The lowest BCUT2D eigenvalue weighted by atomic mass is 10.0. The molecule has 0 aliphatic heterocycles. The second-order valence-corrected chi connectivity index (χ2v) is 9.67. The number of alkyl halides is 2. The minimum atomic E-state index is -3.06. The van der Waals surface area contributed by atoms with Crippen molar-refractivity contribution >= 4 is 32.8 Å². The lowest BCUT2D eigenvalue weighted by molar-refractivity contribution is -0.116. The maximum atomic E-state index is 13.8. The third kappa shape index (κ3) is 8.71. The van der Waals surface area contributed by atoms with Crippen molar-refractivity contribution in [2.75, 3.05) is 13.1 Å². The smallest absolute Gasteiger partial charge is 0.277 e. The molecule has 186 valence electrons. The van der Waals surface area contributed by atoms with E-state index in [2.05, 4.69) is 10.3 Å². The Labute approximate surface area is 202 Å². The number of nitrogens with one attached hydrogen (secondary N) is 1. The Morgan fingerprint density at radius 1 is 1.35 bits per heavy atom. The van der Waals surface area contributed by atoms with E-state index in [9.17, 15) is 18.0 Å². The predicted octanol–water partition coefficient (Wildman–Crippen LogP) is 5.34. The van der Waals surface area contributed by atoms with Crippen LogP contribution < -0.4 is 11.1 Å². The van der Waals surface area contributed by atoms with E-state index in [1.807, 2.05) is 27.7 Å². The summed E-state index contributed by atoms with van der Waals surface area (Å²) in [5.41, 5.74) is 6.46. The average molecular weight is 495 g/mol. The van der Waals surface area contributed by atoms with E-state index in [0.29, 0.717) is 22.7 Å². The third-order valence-corrected chi connectivity index (χ3v) is 5.72. The van der Waals surface area contributed by atoms with Gasteiger partial charge in [-0.2, -0.15) is 0 Å². The van der Waals surface area contributed by atoms with Gasteiger partial charge in [-0.1, -0.05) is 40.8 Å². The van der Waals surface area contributed by atoms with E-state index in [4.69, 9.17) is 10.7 Å². The lowest BCUT2D eigenvalue weighted by Crippen LogP contribution is -2.35. The maximum absolute atomic E-state index is 13.8. The Bertz CT molecular complexity index is 1000. The summed E-state index contributed by atoms with van der Waals surface area (Å²) in [4.78, 5) is 21.5. The van der Waals surface area contributed by atoms with Crippen LogP contribution in [0.5, 0.6) is 0 Å². The van der Waals surface area contributed by atoms with Gasteiger partial charge < -0.3 is 11.1 Å². The Morgan fingerprint density at radius 2 is 2.03 bits per heavy atom. The zero-order valence-electron chi connectivity index (χ0n) is 20.2. The summed E-state index contributed by atoms with van der Waals surface area (Å²) >= 11 is 0. The van der Waals surface area contributed by atoms with Gasteiger partial charge >= 0.3 is 0 Å². The number of benzene rings is 1. The van der Waals surface area contributed by atoms with Crippen LogP contribution in [0.4, 0.5) is 13.2 Å². The van der Waals surface area contributed by atoms with Gasteiger partial charge in [-0.15, -0.1) is 0 Å². The predicted molar refractivity (Wildman–Crippen MR) is 137 cm³/mol. The number of carbonyl (C=O) groups excluding carboxylic acids is 1. The summed E-state index contributed by atoms with van der Waals surface area (Å²) < 4.78 is 40.1. The minimum absolute atomic E-state index is 0.0425. The van der Waals surface area contributed by atoms with Gasteiger partial charge in [0, 0.05) is 23.2 Å². The van der Waals surface area contributed by atoms with E-state index >= 15 is 0 Å². The average Bonchev–Trinajstić information content (AvgIpc) is 3.60. The standard InChI is InChI=1S/C25H34F3N4OP/c1-5-16(4)21(32-23(15(2)3)18-7-6-8-19(26)11-18)13-31-24(33)20(22(29)17-9-10-17)12-30-14-25(27,28)34/h6-8,11-12,16-17H,5,9-10,13-14,29,34H2,1-4H3,(H,31,33). The third-order valence-electron chi connectivity index (χ3n) is 5.53. The van der Waals surface area contributed by atoms with E-state index in [1.165, 1.54) is 21.4 Å². The summed E-state index contributed by atoms with van der Waals surface area (Å²) in [5, 5.41) is 2.83. The van der Waals surface area contributed by atoms with Crippen molar-refractivity contribution in [3.8, 4) is 0 Å². The molecule has 2 unspecified atom stereocenters. The molecule has 1 aromatic carbocycles. The van der Waals surface area contributed by atoms with Crippen molar-refractivity contribution in [1.29, 1.82) is 0 Å². The zero-order chi connectivity index (χ0) is 25.5. The van der Waals surface area contributed by atoms with Gasteiger partial charge in [0.25, 0.3) is 11.6 Å². The molecule has 0 saturated heterocycles. The van der Waals surface area contributed by atoms with Gasteiger partial charge in [-0.3, -0.25) is 14.8 Å². The molecule has 0 spiro atoms. The molecule has 5 nitrogen and oxygen atoms in total. The van der Waals surface area contributed by atoms with Gasteiger partial charge in [-0.25, -0.2) is 13.2 Å². The molecule has 0 aromatic heterocycles. The zero-order valence-corrected chi connectivity index (χ0v) is 21.3. The van der Waals surface area contributed by atoms with Crippen LogP contribution in [0.25, 0.3) is 5.70 Å². The molecule has 3 N–H and O–H groups in total. The Kier molecular flexibility index (Phi) is 10.0. The number of allylic oxidation sites excluding steroid dienone is 2. The fraction of sp³-hybridized carbons (Fsp3) is 0.480. The highest BCUT2D eigenvalue weighted by Gasteiger charge is 2.29. The van der Waals surface area contributed by atoms with Crippen LogP contribution in [-0.4, -0.2) is 36.6 Å². The largest absolute Gasteiger partial charge is 0.401 e. The second kappa shape index (κ2) is 12.3. The fourth-order valence-corrected chi connectivity index (χ4v) is 3.31. The Balaban J connectivity index is 2.29. The minimum Gasteiger partial charge on any atom is -0.401 e. The Morgan fingerprint density at radius 3 is 2.56 bits per heavy atom. The highest BCUT2D eigenvalue weighted by molar-refractivity contribution is 7.18. The van der Waals surface area contributed by atoms with Crippen LogP contribution in [0, 0.1) is 17.7 Å². The van der Waals surface area contributed by atoms with Crippen molar-refractivity contribution in [2.45, 2.75) is 52.6 Å². The van der Waals surface area contributed by atoms with E-state index < -0.39 is 18.1 Å². The van der Waals surface area contributed by atoms with Crippen LogP contribution in [0.15, 0.2) is 51.1 Å². The van der Waals surface area contributed by atoms with Crippen LogP contribution in [0.1, 0.15) is 52.5 Å². The number of amides is 1. The number of nitrogens with two attached hydrogens (primary N) is 1. The molecule has 1 aliphatic carbocycles. The maximum Gasteiger partial charge on any atom is 0.277 e. The van der Waals surface area contributed by atoms with E-state index in [-0.39, 0.29) is 29.8 Å². The van der Waals surface area contributed by atoms with E-state index in [0.717, 1.165) is 31.1 Å². The molecule has 2 atom stereocenters. The summed E-state index contributed by atoms with van der Waals surface area (Å²) in [6.45, 7) is 7.17. The van der Waals surface area contributed by atoms with Gasteiger partial charge in [0.15, 0.2) is 0 Å². The molecule has 1 aromatic rings. The molecule has 0 bridgehead atoms. The lowest BCUT2D eigenvalue weighted by Gasteiger charge is -2.17. The SMILES string of the molecule is CCC(C)C(CNC(=O)C(C=NCC(F)(F)P)=C(N)C1CC1)=NC(=C(C)C)c1cccc(F)c1. The normalized spacial score (nSPS) is 16.3. The van der Waals surface area contributed by atoms with Crippen LogP contribution in [-0.2, 0) is 4.79 Å². The Hall–Kier alpha value is -2.47. The van der Waals surface area contributed by atoms with Crippen LogP contribution in [0.2, 0.25) is 0 Å². The molecule has 1 fully saturated rings. The number of rotatable bonds is 11. The van der Waals surface area contributed by atoms with Crippen molar-refractivity contribution in [1.82, 2.24) is 5.32 Å². The first-order valence-corrected chi connectivity index (χ1v) is 12.0. The first-order valence-electron chi connectivity index (χ1n) is 11.4. The van der Waals surface area contributed by atoms with Crippen LogP contribution in [0.3, 0.4) is 0 Å². The molecular weight excluding hydrogens is 460 g/mol. The summed E-state index contributed by atoms with van der Waals surface area (Å²) in [5.74, 6) is -0.733. The highest BCUT2D eigenvalue weighted by atomic mass is 31.0. The first-order chi connectivity index (χ1) is 15.9. The highest BCUT2D eigenvalue weighted by Crippen LogP contribution is 2.35. The number of carbonyl (C=O) groups is 1. The molecule has 1 amide bonds. The molecule has 1 aliphatic rings. The van der Waals surface area contributed by atoms with Crippen molar-refractivity contribution < 1.29 is 18.0 Å². The van der Waals surface area contributed by atoms with Gasteiger partial charge in [0.2, 0.25) is 0 Å². The topological polar surface area (TPSA) is 79.8 Å². The first kappa shape index (κ1) is 27.8. The molecular formula is C25H34F3N4OP. The van der Waals surface area contributed by atoms with Crippen molar-refractivity contribution in [3.05, 3.63) is 52.5 Å².